The van der Waals surface area contributed by atoms with Gasteiger partial charge >= 0.3 is 0 Å². The number of hydrogen-bond acceptors (Lipinski definition) is 3. The molecule has 2 heterocycles. The van der Waals surface area contributed by atoms with Crippen molar-refractivity contribution in [3.8, 4) is 11.3 Å². The fraction of sp³-hybridized carbons (Fsp3) is 0.250. The Morgan fingerprint density at radius 2 is 2.05 bits per heavy atom. The van der Waals surface area contributed by atoms with Crippen LogP contribution >= 0.6 is 0 Å². The number of aromatic nitrogens is 3. The van der Waals surface area contributed by atoms with Gasteiger partial charge in [0.05, 0.1) is 11.4 Å². The monoisotopic (exact) mass is 266 g/mol. The summed E-state index contributed by atoms with van der Waals surface area (Å²) in [5, 5.41) is 0. The van der Waals surface area contributed by atoms with Crippen molar-refractivity contribution < 1.29 is 0 Å². The highest BCUT2D eigenvalue weighted by Crippen LogP contribution is 2.26. The highest BCUT2D eigenvalue weighted by atomic mass is 15.1. The Morgan fingerprint density at radius 3 is 2.80 bits per heavy atom. The highest BCUT2D eigenvalue weighted by Gasteiger charge is 2.14. The van der Waals surface area contributed by atoms with Crippen LogP contribution in [0.5, 0.6) is 0 Å². The summed E-state index contributed by atoms with van der Waals surface area (Å²) >= 11 is 0. The van der Waals surface area contributed by atoms with E-state index in [1.54, 1.807) is 6.20 Å². The molecule has 0 bridgehead atoms. The van der Waals surface area contributed by atoms with Crippen molar-refractivity contribution in [3.05, 3.63) is 53.5 Å². The van der Waals surface area contributed by atoms with Crippen LogP contribution in [0.4, 0.5) is 0 Å². The van der Waals surface area contributed by atoms with Crippen LogP contribution in [0.1, 0.15) is 16.8 Å². The van der Waals surface area contributed by atoms with Gasteiger partial charge in [-0.05, 0) is 43.7 Å². The van der Waals surface area contributed by atoms with Gasteiger partial charge in [0.15, 0.2) is 0 Å². The zero-order chi connectivity index (χ0) is 14.1. The molecule has 0 aliphatic carbocycles. The number of imidazole rings is 1. The summed E-state index contributed by atoms with van der Waals surface area (Å²) in [7, 11) is 0. The van der Waals surface area contributed by atoms with Crippen molar-refractivity contribution in [3.63, 3.8) is 0 Å². The van der Waals surface area contributed by atoms with Crippen LogP contribution in [0, 0.1) is 13.8 Å². The fourth-order valence-corrected chi connectivity index (χ4v) is 2.43. The number of fused-ring (bicyclic) bond motifs is 1. The maximum atomic E-state index is 5.75. The van der Waals surface area contributed by atoms with E-state index in [4.69, 9.17) is 5.73 Å². The van der Waals surface area contributed by atoms with Crippen LogP contribution in [0.25, 0.3) is 17.0 Å². The molecule has 20 heavy (non-hydrogen) atoms. The molecule has 0 radical (unpaired) electrons. The first-order chi connectivity index (χ1) is 9.70. The van der Waals surface area contributed by atoms with Crippen LogP contribution in [0.3, 0.4) is 0 Å². The van der Waals surface area contributed by atoms with Crippen LogP contribution in [-0.4, -0.2) is 20.9 Å². The molecule has 0 aliphatic heterocycles. The minimum Gasteiger partial charge on any atom is -0.330 e. The van der Waals surface area contributed by atoms with Crippen molar-refractivity contribution in [1.29, 1.82) is 0 Å². The van der Waals surface area contributed by atoms with E-state index >= 15 is 0 Å². The van der Waals surface area contributed by atoms with Gasteiger partial charge in [-0.2, -0.15) is 0 Å². The second kappa shape index (κ2) is 5.06. The first-order valence-electron chi connectivity index (χ1n) is 6.80. The molecular formula is C16H18N4. The van der Waals surface area contributed by atoms with Gasteiger partial charge in [0, 0.05) is 24.4 Å². The third kappa shape index (κ3) is 2.08. The zero-order valence-corrected chi connectivity index (χ0v) is 11.8. The molecule has 0 unspecified atom stereocenters. The summed E-state index contributed by atoms with van der Waals surface area (Å²) in [6.07, 6.45) is 4.54. The van der Waals surface area contributed by atoms with E-state index in [-0.39, 0.29) is 0 Å². The molecule has 2 N–H and O–H groups in total. The van der Waals surface area contributed by atoms with Gasteiger partial charge in [-0.15, -0.1) is 0 Å². The summed E-state index contributed by atoms with van der Waals surface area (Å²) in [6.45, 7) is 4.83. The first kappa shape index (κ1) is 12.8. The number of benzene rings is 1. The van der Waals surface area contributed by atoms with Gasteiger partial charge in [-0.1, -0.05) is 12.1 Å². The highest BCUT2D eigenvalue weighted by molar-refractivity contribution is 5.66. The van der Waals surface area contributed by atoms with E-state index in [1.165, 1.54) is 11.1 Å². The minimum absolute atomic E-state index is 0.598. The number of nitrogens with two attached hydrogens (primary N) is 1. The lowest BCUT2D eigenvalue weighted by atomic mass is 10.0. The van der Waals surface area contributed by atoms with E-state index in [0.717, 1.165) is 29.1 Å². The molecule has 0 spiro atoms. The molecule has 102 valence electrons. The molecular weight excluding hydrogens is 248 g/mol. The number of aryl methyl sites for hydroxylation is 2. The second-order valence-electron chi connectivity index (χ2n) is 5.03. The lowest BCUT2D eigenvalue weighted by Crippen LogP contribution is -2.06. The Morgan fingerprint density at radius 1 is 1.20 bits per heavy atom. The quantitative estimate of drug-likeness (QED) is 0.792. The molecule has 0 saturated carbocycles. The molecule has 4 heteroatoms. The van der Waals surface area contributed by atoms with Gasteiger partial charge < -0.3 is 5.73 Å². The zero-order valence-electron chi connectivity index (χ0n) is 11.8. The predicted molar refractivity (Wildman–Crippen MR) is 80.7 cm³/mol. The summed E-state index contributed by atoms with van der Waals surface area (Å²) in [5.74, 6) is 0.726. The minimum atomic E-state index is 0.598. The molecule has 3 aromatic rings. The van der Waals surface area contributed by atoms with Crippen molar-refractivity contribution in [2.45, 2.75) is 20.3 Å². The molecule has 1 aromatic carbocycles. The van der Waals surface area contributed by atoms with E-state index in [9.17, 15) is 0 Å². The number of rotatable bonds is 3. The Kier molecular flexibility index (Phi) is 3.24. The normalized spacial score (nSPS) is 11.2. The molecule has 0 amide bonds. The third-order valence-corrected chi connectivity index (χ3v) is 3.66. The largest absolute Gasteiger partial charge is 0.330 e. The maximum absolute atomic E-state index is 5.75. The molecule has 0 fully saturated rings. The van der Waals surface area contributed by atoms with Crippen molar-refractivity contribution >= 4 is 5.78 Å². The first-order valence-corrected chi connectivity index (χ1v) is 6.80. The lowest BCUT2D eigenvalue weighted by Gasteiger charge is -2.06. The third-order valence-electron chi connectivity index (χ3n) is 3.66. The van der Waals surface area contributed by atoms with E-state index in [1.807, 2.05) is 16.7 Å². The fourth-order valence-electron chi connectivity index (χ4n) is 2.43. The summed E-state index contributed by atoms with van der Waals surface area (Å²) < 4.78 is 2.03. The topological polar surface area (TPSA) is 56.2 Å². The Hall–Kier alpha value is -2.20. The smallest absolute Gasteiger partial charge is 0.234 e. The Balaban J connectivity index is 2.23. The van der Waals surface area contributed by atoms with Crippen LogP contribution in [0.15, 0.2) is 36.7 Å². The van der Waals surface area contributed by atoms with Crippen molar-refractivity contribution in [2.75, 3.05) is 6.54 Å². The SMILES string of the molecule is Cc1ccc(-c2nc3ncccn3c2CCN)cc1C. The van der Waals surface area contributed by atoms with E-state index < -0.39 is 0 Å². The summed E-state index contributed by atoms with van der Waals surface area (Å²) in [4.78, 5) is 8.99. The lowest BCUT2D eigenvalue weighted by molar-refractivity contribution is 0.901. The van der Waals surface area contributed by atoms with Gasteiger partial charge in [-0.3, -0.25) is 4.40 Å². The molecule has 2 aromatic heterocycles. The van der Waals surface area contributed by atoms with Gasteiger partial charge in [-0.25, -0.2) is 9.97 Å². The van der Waals surface area contributed by atoms with E-state index in [0.29, 0.717) is 6.54 Å². The number of hydrogen-bond donors (Lipinski definition) is 1. The van der Waals surface area contributed by atoms with Crippen LogP contribution in [-0.2, 0) is 6.42 Å². The Bertz CT molecular complexity index is 758. The van der Waals surface area contributed by atoms with Gasteiger partial charge in [0.1, 0.15) is 0 Å². The van der Waals surface area contributed by atoms with Gasteiger partial charge in [0.2, 0.25) is 5.78 Å². The average Bonchev–Trinajstić information content (AvgIpc) is 2.82. The molecule has 0 saturated heterocycles. The molecule has 0 aliphatic rings. The van der Waals surface area contributed by atoms with Gasteiger partial charge in [0.25, 0.3) is 0 Å². The van der Waals surface area contributed by atoms with Crippen LogP contribution in [0.2, 0.25) is 0 Å². The maximum Gasteiger partial charge on any atom is 0.234 e. The van der Waals surface area contributed by atoms with Crippen molar-refractivity contribution in [1.82, 2.24) is 14.4 Å². The molecule has 0 atom stereocenters. The number of nitrogens with zero attached hydrogens (tertiary/aromatic N) is 3. The van der Waals surface area contributed by atoms with Crippen LogP contribution < -0.4 is 5.73 Å². The molecule has 3 rings (SSSR count). The summed E-state index contributed by atoms with van der Waals surface area (Å²) in [6, 6.07) is 8.34. The van der Waals surface area contributed by atoms with Crippen molar-refractivity contribution in [2.24, 2.45) is 5.73 Å². The Labute approximate surface area is 118 Å². The average molecular weight is 266 g/mol. The molecule has 4 nitrogen and oxygen atoms in total. The second-order valence-corrected chi connectivity index (χ2v) is 5.03. The standard InChI is InChI=1S/C16H18N4/c1-11-4-5-13(10-12(11)2)15-14(6-7-17)20-9-3-8-18-16(20)19-15/h3-5,8-10H,6-7,17H2,1-2H3. The summed E-state index contributed by atoms with van der Waals surface area (Å²) in [5.41, 5.74) is 11.5. The predicted octanol–water partition coefficient (Wildman–Crippen LogP) is 2.51. The van der Waals surface area contributed by atoms with E-state index in [2.05, 4.69) is 42.0 Å².